The van der Waals surface area contributed by atoms with Gasteiger partial charge in [-0.1, -0.05) is 36.4 Å². The topological polar surface area (TPSA) is 32.3 Å². The highest BCUT2D eigenvalue weighted by atomic mass is 19.4. The second-order valence-corrected chi connectivity index (χ2v) is 7.60. The van der Waals surface area contributed by atoms with Crippen molar-refractivity contribution in [3.63, 3.8) is 0 Å². The third kappa shape index (κ3) is 4.19. The fourth-order valence-electron chi connectivity index (χ4n) is 3.90. The number of alkyl halides is 3. The molecule has 1 aliphatic heterocycles. The molecule has 2 heterocycles. The van der Waals surface area contributed by atoms with Gasteiger partial charge in [0.05, 0.1) is 5.52 Å². The molecule has 29 heavy (non-hydrogen) atoms. The second-order valence-electron chi connectivity index (χ2n) is 7.60. The Kier molecular flexibility index (Phi) is 5.17. The Morgan fingerprint density at radius 3 is 2.28 bits per heavy atom. The molecule has 1 saturated heterocycles. The molecule has 0 aliphatic carbocycles. The zero-order valence-electron chi connectivity index (χ0n) is 16.5. The van der Waals surface area contributed by atoms with E-state index in [4.69, 9.17) is 0 Å². The van der Waals surface area contributed by atoms with Crippen LogP contribution in [0.4, 0.5) is 19.0 Å². The van der Waals surface area contributed by atoms with Crippen LogP contribution in [0, 0.1) is 13.8 Å². The predicted octanol–water partition coefficient (Wildman–Crippen LogP) is 4.59. The summed E-state index contributed by atoms with van der Waals surface area (Å²) in [4.78, 5) is 12.1. The Bertz CT molecular complexity index is 1010. The number of anilines is 1. The van der Waals surface area contributed by atoms with Gasteiger partial charge in [0.15, 0.2) is 0 Å². The van der Waals surface area contributed by atoms with Crippen molar-refractivity contribution in [1.29, 1.82) is 0 Å². The van der Waals surface area contributed by atoms with E-state index in [9.17, 15) is 13.2 Å². The third-order valence-corrected chi connectivity index (χ3v) is 5.29. The highest BCUT2D eigenvalue weighted by molar-refractivity contribution is 5.92. The molecule has 0 amide bonds. The summed E-state index contributed by atoms with van der Waals surface area (Å²) in [6.45, 7) is 7.37. The van der Waals surface area contributed by atoms with E-state index in [1.165, 1.54) is 5.56 Å². The first-order valence-corrected chi connectivity index (χ1v) is 9.69. The number of aryl methyl sites for hydroxylation is 2. The smallest absolute Gasteiger partial charge is 0.353 e. The van der Waals surface area contributed by atoms with E-state index in [-0.39, 0.29) is 0 Å². The lowest BCUT2D eigenvalue weighted by atomic mass is 10.1. The molecular formula is C22H23F3N4. The van der Waals surface area contributed by atoms with Crippen molar-refractivity contribution in [3.05, 3.63) is 65.0 Å². The van der Waals surface area contributed by atoms with Crippen molar-refractivity contribution in [1.82, 2.24) is 14.9 Å². The average molecular weight is 400 g/mol. The van der Waals surface area contributed by atoms with Crippen LogP contribution in [0.15, 0.2) is 42.5 Å². The van der Waals surface area contributed by atoms with Crippen molar-refractivity contribution in [2.75, 3.05) is 31.1 Å². The van der Waals surface area contributed by atoms with E-state index in [1.54, 1.807) is 6.92 Å². The minimum atomic E-state index is -4.57. The maximum Gasteiger partial charge on any atom is 0.451 e. The van der Waals surface area contributed by atoms with E-state index >= 15 is 0 Å². The molecule has 4 nitrogen and oxygen atoms in total. The van der Waals surface area contributed by atoms with E-state index in [1.807, 2.05) is 42.2 Å². The molecule has 3 aromatic rings. The SMILES string of the molecule is Cc1cc(C)c2nc(C(F)(F)F)nc(N3CCN(Cc4ccccc4)CC3)c2c1. The molecule has 0 atom stereocenters. The maximum absolute atomic E-state index is 13.4. The van der Waals surface area contributed by atoms with Crippen LogP contribution in [0.25, 0.3) is 10.9 Å². The summed E-state index contributed by atoms with van der Waals surface area (Å²) >= 11 is 0. The molecule has 1 aliphatic rings. The van der Waals surface area contributed by atoms with Crippen LogP contribution in [0.2, 0.25) is 0 Å². The zero-order chi connectivity index (χ0) is 20.6. The summed E-state index contributed by atoms with van der Waals surface area (Å²) in [6.07, 6.45) is -4.57. The average Bonchev–Trinajstić information content (AvgIpc) is 2.68. The number of aromatic nitrogens is 2. The molecule has 7 heteroatoms. The van der Waals surface area contributed by atoms with Crippen molar-refractivity contribution in [2.24, 2.45) is 0 Å². The van der Waals surface area contributed by atoms with Gasteiger partial charge in [0.25, 0.3) is 0 Å². The van der Waals surface area contributed by atoms with Crippen molar-refractivity contribution in [3.8, 4) is 0 Å². The second kappa shape index (κ2) is 7.63. The fourth-order valence-corrected chi connectivity index (χ4v) is 3.90. The normalized spacial score (nSPS) is 15.8. The standard InChI is InChI=1S/C22H23F3N4/c1-15-12-16(2)19-18(13-15)20(27-21(26-19)22(23,24)25)29-10-8-28(9-11-29)14-17-6-4-3-5-7-17/h3-7,12-13H,8-11,14H2,1-2H3. The monoisotopic (exact) mass is 400 g/mol. The Hall–Kier alpha value is -2.67. The van der Waals surface area contributed by atoms with Gasteiger partial charge < -0.3 is 4.90 Å². The van der Waals surface area contributed by atoms with Gasteiger partial charge in [-0.15, -0.1) is 0 Å². The lowest BCUT2D eigenvalue weighted by Gasteiger charge is -2.36. The predicted molar refractivity (Wildman–Crippen MR) is 108 cm³/mol. The van der Waals surface area contributed by atoms with Crippen LogP contribution < -0.4 is 4.90 Å². The highest BCUT2D eigenvalue weighted by Crippen LogP contribution is 2.33. The first-order valence-electron chi connectivity index (χ1n) is 9.69. The molecule has 1 aromatic heterocycles. The van der Waals surface area contributed by atoms with Crippen LogP contribution >= 0.6 is 0 Å². The van der Waals surface area contributed by atoms with Crippen LogP contribution in [0.1, 0.15) is 22.5 Å². The van der Waals surface area contributed by atoms with Gasteiger partial charge in [0, 0.05) is 38.1 Å². The Balaban J connectivity index is 1.63. The van der Waals surface area contributed by atoms with Crippen LogP contribution in [0.5, 0.6) is 0 Å². The van der Waals surface area contributed by atoms with Gasteiger partial charge in [-0.25, -0.2) is 9.97 Å². The number of rotatable bonds is 3. The van der Waals surface area contributed by atoms with Crippen LogP contribution in [-0.4, -0.2) is 41.0 Å². The highest BCUT2D eigenvalue weighted by Gasteiger charge is 2.36. The maximum atomic E-state index is 13.4. The van der Waals surface area contributed by atoms with Gasteiger partial charge in [0.1, 0.15) is 5.82 Å². The van der Waals surface area contributed by atoms with Crippen LogP contribution in [-0.2, 0) is 12.7 Å². The number of nitrogens with zero attached hydrogens (tertiary/aromatic N) is 4. The minimum Gasteiger partial charge on any atom is -0.353 e. The van der Waals surface area contributed by atoms with Gasteiger partial charge in [-0.05, 0) is 36.6 Å². The van der Waals surface area contributed by atoms with Crippen molar-refractivity contribution in [2.45, 2.75) is 26.6 Å². The van der Waals surface area contributed by atoms with Crippen molar-refractivity contribution >= 4 is 16.7 Å². The molecule has 0 bridgehead atoms. The molecule has 0 radical (unpaired) electrons. The van der Waals surface area contributed by atoms with Crippen LogP contribution in [0.3, 0.4) is 0 Å². The molecule has 2 aromatic carbocycles. The molecule has 152 valence electrons. The number of benzene rings is 2. The van der Waals surface area contributed by atoms with Gasteiger partial charge in [-0.3, -0.25) is 4.90 Å². The van der Waals surface area contributed by atoms with E-state index in [0.29, 0.717) is 29.8 Å². The van der Waals surface area contributed by atoms with E-state index in [2.05, 4.69) is 27.0 Å². The van der Waals surface area contributed by atoms with E-state index < -0.39 is 12.0 Å². The third-order valence-electron chi connectivity index (χ3n) is 5.29. The number of piperazine rings is 1. The Labute approximate surface area is 168 Å². The lowest BCUT2D eigenvalue weighted by molar-refractivity contribution is -0.144. The number of halogens is 3. The number of hydrogen-bond donors (Lipinski definition) is 0. The summed E-state index contributed by atoms with van der Waals surface area (Å²) in [5.74, 6) is -0.688. The molecule has 0 spiro atoms. The minimum absolute atomic E-state index is 0.375. The lowest BCUT2D eigenvalue weighted by Crippen LogP contribution is -2.46. The molecule has 1 fully saturated rings. The molecule has 0 saturated carbocycles. The quantitative estimate of drug-likeness (QED) is 0.644. The van der Waals surface area contributed by atoms with Gasteiger partial charge in [0.2, 0.25) is 5.82 Å². The van der Waals surface area contributed by atoms with Crippen molar-refractivity contribution < 1.29 is 13.2 Å². The zero-order valence-corrected chi connectivity index (χ0v) is 16.5. The van der Waals surface area contributed by atoms with Gasteiger partial charge >= 0.3 is 6.18 Å². The molecule has 0 N–H and O–H groups in total. The van der Waals surface area contributed by atoms with E-state index in [0.717, 1.165) is 30.8 Å². The number of hydrogen-bond acceptors (Lipinski definition) is 4. The summed E-state index contributed by atoms with van der Waals surface area (Å²) in [6, 6.07) is 13.9. The Morgan fingerprint density at radius 1 is 0.931 bits per heavy atom. The molecule has 4 rings (SSSR count). The summed E-state index contributed by atoms with van der Waals surface area (Å²) < 4.78 is 40.3. The molecular weight excluding hydrogens is 377 g/mol. The Morgan fingerprint density at radius 2 is 1.62 bits per heavy atom. The summed E-state index contributed by atoms with van der Waals surface area (Å²) in [5, 5.41) is 0.687. The number of fused-ring (bicyclic) bond motifs is 1. The first kappa shape index (κ1) is 19.6. The first-order chi connectivity index (χ1) is 13.8. The molecule has 0 unspecified atom stereocenters. The summed E-state index contributed by atoms with van der Waals surface area (Å²) in [7, 11) is 0. The van der Waals surface area contributed by atoms with Gasteiger partial charge in [-0.2, -0.15) is 13.2 Å². The summed E-state index contributed by atoms with van der Waals surface area (Å²) in [5.41, 5.74) is 3.33. The largest absolute Gasteiger partial charge is 0.451 e. The fraction of sp³-hybridized carbons (Fsp3) is 0.364.